The number of rotatable bonds is 5. The molecule has 3 saturated heterocycles. The second-order valence-corrected chi connectivity index (χ2v) is 7.65. The zero-order valence-corrected chi connectivity index (χ0v) is 15.7. The first-order valence-corrected chi connectivity index (χ1v) is 9.60. The van der Waals surface area contributed by atoms with Crippen molar-refractivity contribution in [1.29, 1.82) is 0 Å². The van der Waals surface area contributed by atoms with Crippen LogP contribution in [0.3, 0.4) is 0 Å². The minimum absolute atomic E-state index is 0.0168. The molecule has 7 nitrogen and oxygen atoms in total. The van der Waals surface area contributed by atoms with Crippen molar-refractivity contribution in [2.45, 2.75) is 69.9 Å². The van der Waals surface area contributed by atoms with Gasteiger partial charge in [-0.2, -0.15) is 0 Å². The molecule has 0 saturated carbocycles. The summed E-state index contributed by atoms with van der Waals surface area (Å²) in [5, 5.41) is 10.1. The van der Waals surface area contributed by atoms with E-state index in [1.54, 1.807) is 13.8 Å². The second kappa shape index (κ2) is 8.60. The van der Waals surface area contributed by atoms with E-state index in [0.717, 1.165) is 32.5 Å². The summed E-state index contributed by atoms with van der Waals surface area (Å²) in [5.74, 6) is 0.360. The number of hydrogen-bond acceptors (Lipinski definition) is 6. The number of carbonyl (C=O) groups is 1. The minimum atomic E-state index is -4.67. The maximum absolute atomic E-state index is 12.6. The van der Waals surface area contributed by atoms with E-state index in [0.29, 0.717) is 18.6 Å². The van der Waals surface area contributed by atoms with Crippen molar-refractivity contribution >= 4 is 5.91 Å². The zero-order valence-electron chi connectivity index (χ0n) is 15.7. The lowest BCUT2D eigenvalue weighted by Crippen LogP contribution is -2.67. The van der Waals surface area contributed by atoms with Gasteiger partial charge in [-0.05, 0) is 39.0 Å². The molecule has 1 amide bonds. The number of amides is 1. The van der Waals surface area contributed by atoms with E-state index in [1.165, 1.54) is 4.90 Å². The Kier molecular flexibility index (Phi) is 6.62. The van der Waals surface area contributed by atoms with Gasteiger partial charge < -0.3 is 15.0 Å². The first-order valence-electron chi connectivity index (χ1n) is 9.60. The van der Waals surface area contributed by atoms with Crippen molar-refractivity contribution in [3.63, 3.8) is 0 Å². The van der Waals surface area contributed by atoms with Gasteiger partial charge >= 0.3 is 6.36 Å². The van der Waals surface area contributed by atoms with Gasteiger partial charge in [0, 0.05) is 32.5 Å². The van der Waals surface area contributed by atoms with Crippen LogP contribution in [0.15, 0.2) is 0 Å². The molecule has 3 rings (SSSR count). The van der Waals surface area contributed by atoms with E-state index in [1.807, 2.05) is 0 Å². The molecule has 0 radical (unpaired) electrons. The van der Waals surface area contributed by atoms with E-state index in [2.05, 4.69) is 20.7 Å². The van der Waals surface area contributed by atoms with Gasteiger partial charge in [0.25, 0.3) is 0 Å². The summed E-state index contributed by atoms with van der Waals surface area (Å²) in [4.78, 5) is 14.0. The number of carbonyl (C=O) groups excluding carboxylic acids is 1. The van der Waals surface area contributed by atoms with Crippen LogP contribution in [0.2, 0.25) is 0 Å². The van der Waals surface area contributed by atoms with E-state index in [9.17, 15) is 18.0 Å². The standard InChI is InChI=1S/C17H29F3N4O3/c1-10(16(25)24-8-14(11(24)2)27-17(18,19)20)23-15-7-13(21-9-22-15)12-3-5-26-6-4-12/h10-15,21-23H,3-9H2,1-2H3/t10-,11+,13?,14+,15?/m1/s1. The number of likely N-dealkylation sites (tertiary alicyclic amines) is 1. The fourth-order valence-electron chi connectivity index (χ4n) is 4.13. The molecule has 0 aromatic heterocycles. The summed E-state index contributed by atoms with van der Waals surface area (Å²) in [6, 6.07) is -0.702. The molecule has 3 fully saturated rings. The molecular weight excluding hydrogens is 365 g/mol. The predicted octanol–water partition coefficient (Wildman–Crippen LogP) is 0.762. The smallest absolute Gasteiger partial charge is 0.381 e. The molecule has 3 heterocycles. The summed E-state index contributed by atoms with van der Waals surface area (Å²) >= 11 is 0. The molecule has 3 N–H and O–H groups in total. The predicted molar refractivity (Wildman–Crippen MR) is 91.6 cm³/mol. The lowest BCUT2D eigenvalue weighted by Gasteiger charge is -2.47. The Labute approximate surface area is 157 Å². The van der Waals surface area contributed by atoms with Gasteiger partial charge in [-0.1, -0.05) is 0 Å². The summed E-state index contributed by atoms with van der Waals surface area (Å²) in [6.45, 7) is 5.53. The number of halogens is 3. The average Bonchev–Trinajstić information content (AvgIpc) is 2.64. The molecule has 0 aromatic carbocycles. The third-order valence-corrected chi connectivity index (χ3v) is 5.83. The zero-order chi connectivity index (χ0) is 19.6. The number of nitrogens with one attached hydrogen (secondary N) is 3. The van der Waals surface area contributed by atoms with Crippen LogP contribution in [0.5, 0.6) is 0 Å². The third-order valence-electron chi connectivity index (χ3n) is 5.83. The van der Waals surface area contributed by atoms with E-state index < -0.39 is 24.6 Å². The van der Waals surface area contributed by atoms with Crippen LogP contribution >= 0.6 is 0 Å². The maximum atomic E-state index is 12.6. The topological polar surface area (TPSA) is 74.9 Å². The first-order chi connectivity index (χ1) is 12.7. The largest absolute Gasteiger partial charge is 0.522 e. The quantitative estimate of drug-likeness (QED) is 0.640. The van der Waals surface area contributed by atoms with Crippen molar-refractivity contribution in [3.05, 3.63) is 0 Å². The molecule has 10 heteroatoms. The van der Waals surface area contributed by atoms with E-state index in [4.69, 9.17) is 4.74 Å². The highest BCUT2D eigenvalue weighted by Crippen LogP contribution is 2.29. The highest BCUT2D eigenvalue weighted by atomic mass is 19.4. The van der Waals surface area contributed by atoms with Crippen LogP contribution in [-0.4, -0.2) is 74.0 Å². The summed E-state index contributed by atoms with van der Waals surface area (Å²) in [5.41, 5.74) is 0. The molecule has 0 aromatic rings. The SMILES string of the molecule is C[C@@H](NC1CC(C2CCOCC2)NCN1)C(=O)N1C[C@H](OC(F)(F)F)[C@@H]1C. The number of ether oxygens (including phenoxy) is 2. The van der Waals surface area contributed by atoms with Gasteiger partial charge in [0.05, 0.1) is 18.2 Å². The Bertz CT molecular complexity index is 516. The van der Waals surface area contributed by atoms with Crippen LogP contribution < -0.4 is 16.0 Å². The highest BCUT2D eigenvalue weighted by molar-refractivity contribution is 5.82. The fraction of sp³-hybridized carbons (Fsp3) is 0.941. The van der Waals surface area contributed by atoms with Crippen LogP contribution in [0.1, 0.15) is 33.1 Å². The molecule has 0 bridgehead atoms. The van der Waals surface area contributed by atoms with Gasteiger partial charge in [-0.15, -0.1) is 13.2 Å². The fourth-order valence-corrected chi connectivity index (χ4v) is 4.13. The Morgan fingerprint density at radius 2 is 2.00 bits per heavy atom. The highest BCUT2D eigenvalue weighted by Gasteiger charge is 2.47. The number of nitrogens with zero attached hydrogens (tertiary/aromatic N) is 1. The van der Waals surface area contributed by atoms with Crippen LogP contribution in [0.25, 0.3) is 0 Å². The normalized spacial score (nSPS) is 34.2. The van der Waals surface area contributed by atoms with Crippen molar-refractivity contribution in [1.82, 2.24) is 20.9 Å². The molecular formula is C17H29F3N4O3. The van der Waals surface area contributed by atoms with Crippen molar-refractivity contribution in [2.75, 3.05) is 26.4 Å². The second-order valence-electron chi connectivity index (χ2n) is 7.65. The number of hydrogen-bond donors (Lipinski definition) is 3. The Balaban J connectivity index is 1.45. The first kappa shape index (κ1) is 20.8. The van der Waals surface area contributed by atoms with Crippen molar-refractivity contribution in [2.24, 2.45) is 5.92 Å². The average molecular weight is 394 g/mol. The van der Waals surface area contributed by atoms with Gasteiger partial charge in [0.2, 0.25) is 5.91 Å². The maximum Gasteiger partial charge on any atom is 0.522 e. The van der Waals surface area contributed by atoms with E-state index in [-0.39, 0.29) is 18.6 Å². The molecule has 0 aliphatic carbocycles. The van der Waals surface area contributed by atoms with Gasteiger partial charge in [0.1, 0.15) is 6.10 Å². The summed E-state index contributed by atoms with van der Waals surface area (Å²) in [6.07, 6.45) is -2.77. The van der Waals surface area contributed by atoms with Crippen LogP contribution in [0.4, 0.5) is 13.2 Å². The minimum Gasteiger partial charge on any atom is -0.381 e. The Morgan fingerprint density at radius 3 is 2.63 bits per heavy atom. The lowest BCUT2D eigenvalue weighted by atomic mass is 9.88. The molecule has 156 valence electrons. The Morgan fingerprint density at radius 1 is 1.30 bits per heavy atom. The molecule has 27 heavy (non-hydrogen) atoms. The molecule has 0 spiro atoms. The summed E-state index contributed by atoms with van der Waals surface area (Å²) < 4.78 is 46.4. The molecule has 5 atom stereocenters. The molecule has 3 aliphatic rings. The number of alkyl halides is 3. The van der Waals surface area contributed by atoms with Crippen molar-refractivity contribution in [3.8, 4) is 0 Å². The van der Waals surface area contributed by atoms with Gasteiger partial charge in [0.15, 0.2) is 0 Å². The molecule has 2 unspecified atom stereocenters. The van der Waals surface area contributed by atoms with E-state index >= 15 is 0 Å². The van der Waals surface area contributed by atoms with Crippen LogP contribution in [-0.2, 0) is 14.3 Å². The van der Waals surface area contributed by atoms with Crippen LogP contribution in [0, 0.1) is 5.92 Å². The molecule has 3 aliphatic heterocycles. The Hall–Kier alpha value is -0.940. The lowest BCUT2D eigenvalue weighted by molar-refractivity contribution is -0.359. The third kappa shape index (κ3) is 5.32. The van der Waals surface area contributed by atoms with Crippen molar-refractivity contribution < 1.29 is 27.4 Å². The monoisotopic (exact) mass is 394 g/mol. The van der Waals surface area contributed by atoms with Gasteiger partial charge in [-0.3, -0.25) is 20.2 Å². The van der Waals surface area contributed by atoms with Gasteiger partial charge in [-0.25, -0.2) is 0 Å². The summed E-state index contributed by atoms with van der Waals surface area (Å²) in [7, 11) is 0.